The second kappa shape index (κ2) is 10.2. The molecular formula is C47H41NO2S. The van der Waals surface area contributed by atoms with Crippen molar-refractivity contribution in [2.75, 3.05) is 4.90 Å². The van der Waals surface area contributed by atoms with Gasteiger partial charge in [0.1, 0.15) is 0 Å². The summed E-state index contributed by atoms with van der Waals surface area (Å²) < 4.78 is 29.8. The molecule has 0 radical (unpaired) electrons. The summed E-state index contributed by atoms with van der Waals surface area (Å²) in [6.07, 6.45) is 6.19. The molecule has 0 aromatic heterocycles. The Bertz CT molecular complexity index is 2540. The lowest BCUT2D eigenvalue weighted by atomic mass is 9.42. The molecular weight excluding hydrogens is 643 g/mol. The zero-order valence-corrected chi connectivity index (χ0v) is 30.0. The van der Waals surface area contributed by atoms with E-state index in [4.69, 9.17) is 0 Å². The number of fused-ring (bicyclic) bond motifs is 6. The van der Waals surface area contributed by atoms with E-state index in [2.05, 4.69) is 128 Å². The van der Waals surface area contributed by atoms with Crippen molar-refractivity contribution < 1.29 is 8.42 Å². The quantitative estimate of drug-likeness (QED) is 0.186. The first-order valence-electron chi connectivity index (χ1n) is 18.8. The predicted octanol–water partition coefficient (Wildman–Crippen LogP) is 11.5. The van der Waals surface area contributed by atoms with Gasteiger partial charge in [0, 0.05) is 27.9 Å². The van der Waals surface area contributed by atoms with Crippen LogP contribution in [0.5, 0.6) is 0 Å². The van der Waals surface area contributed by atoms with Gasteiger partial charge in [-0.25, -0.2) is 8.42 Å². The van der Waals surface area contributed by atoms with Gasteiger partial charge in [-0.2, -0.15) is 0 Å². The van der Waals surface area contributed by atoms with Gasteiger partial charge in [-0.3, -0.25) is 0 Å². The third-order valence-corrected chi connectivity index (χ3v) is 15.7. The van der Waals surface area contributed by atoms with Gasteiger partial charge in [-0.05, 0) is 142 Å². The first-order chi connectivity index (χ1) is 24.7. The van der Waals surface area contributed by atoms with Gasteiger partial charge in [0.15, 0.2) is 0 Å². The second-order valence-corrected chi connectivity index (χ2v) is 18.5. The molecule has 6 aromatic rings. The van der Waals surface area contributed by atoms with Gasteiger partial charge in [-0.15, -0.1) is 0 Å². The average molecular weight is 684 g/mol. The number of hydrogen-bond acceptors (Lipinski definition) is 3. The summed E-state index contributed by atoms with van der Waals surface area (Å²) in [5.74, 6) is 2.52. The van der Waals surface area contributed by atoms with Crippen LogP contribution >= 0.6 is 0 Å². The van der Waals surface area contributed by atoms with E-state index in [1.165, 1.54) is 59.7 Å². The lowest BCUT2D eigenvalue weighted by Gasteiger charge is -2.63. The summed E-state index contributed by atoms with van der Waals surface area (Å²) in [5.41, 5.74) is 9.81. The van der Waals surface area contributed by atoms with E-state index < -0.39 is 9.84 Å². The van der Waals surface area contributed by atoms with Crippen molar-refractivity contribution in [2.45, 2.75) is 66.6 Å². The molecule has 0 saturated heterocycles. The molecule has 3 nitrogen and oxygen atoms in total. The lowest BCUT2D eigenvalue weighted by molar-refractivity contribution is -0.0446. The van der Waals surface area contributed by atoms with E-state index in [0.717, 1.165) is 45.4 Å². The predicted molar refractivity (Wildman–Crippen MR) is 206 cm³/mol. The Morgan fingerprint density at radius 2 is 1.08 bits per heavy atom. The minimum atomic E-state index is -3.76. The number of nitrogens with zero attached hydrogens (tertiary/aromatic N) is 1. The van der Waals surface area contributed by atoms with E-state index in [0.29, 0.717) is 21.6 Å². The van der Waals surface area contributed by atoms with Crippen LogP contribution in [0.4, 0.5) is 17.1 Å². The molecule has 1 spiro atoms. The highest BCUT2D eigenvalue weighted by Crippen LogP contribution is 2.68. The van der Waals surface area contributed by atoms with Crippen LogP contribution in [0.2, 0.25) is 0 Å². The highest BCUT2D eigenvalue weighted by molar-refractivity contribution is 7.91. The first-order valence-corrected chi connectivity index (χ1v) is 20.3. The maximum absolute atomic E-state index is 14.9. The molecule has 4 heteroatoms. The number of rotatable bonds is 3. The van der Waals surface area contributed by atoms with Crippen LogP contribution in [0, 0.1) is 23.7 Å². The molecule has 4 saturated carbocycles. The number of hydrogen-bond donors (Lipinski definition) is 0. The standard InChI is InChI=1S/C47H41NO2S/c1-46(2)40-12-6-5-11-38(40)39-19-17-36(27-43(39)46)48(35-16-15-31-9-3-4-10-32(31)26-35)37-18-20-42-45(28-37)51(49,50)44-14-8-7-13-41(44)47(42)33-22-29-21-30(24-33)25-34(47)23-29/h3-20,26-30,33-34H,21-25H2,1-2H3/t29-,30+,33+,34-,47?. The second-order valence-electron chi connectivity index (χ2n) is 16.6. The van der Waals surface area contributed by atoms with Gasteiger partial charge < -0.3 is 4.90 Å². The third kappa shape index (κ3) is 3.92. The minimum absolute atomic E-state index is 0.161. The van der Waals surface area contributed by atoms with E-state index in [-0.39, 0.29) is 10.8 Å². The normalized spacial score (nSPS) is 26.8. The first kappa shape index (κ1) is 30.0. The van der Waals surface area contributed by atoms with Crippen LogP contribution < -0.4 is 4.90 Å². The maximum atomic E-state index is 14.9. The van der Waals surface area contributed by atoms with Crippen molar-refractivity contribution in [2.24, 2.45) is 23.7 Å². The summed E-state index contributed by atoms with van der Waals surface area (Å²) in [4.78, 5) is 3.31. The summed E-state index contributed by atoms with van der Waals surface area (Å²) >= 11 is 0. The van der Waals surface area contributed by atoms with E-state index in [9.17, 15) is 8.42 Å². The van der Waals surface area contributed by atoms with Crippen LogP contribution in [0.25, 0.3) is 21.9 Å². The highest BCUT2D eigenvalue weighted by Gasteiger charge is 2.62. The Morgan fingerprint density at radius 3 is 1.86 bits per heavy atom. The van der Waals surface area contributed by atoms with Crippen molar-refractivity contribution in [1.82, 2.24) is 0 Å². The molecule has 0 N–H and O–H groups in total. The van der Waals surface area contributed by atoms with Gasteiger partial charge in [0.05, 0.1) is 9.79 Å². The van der Waals surface area contributed by atoms with Crippen molar-refractivity contribution in [1.29, 1.82) is 0 Å². The zero-order chi connectivity index (χ0) is 34.3. The van der Waals surface area contributed by atoms with Crippen LogP contribution in [-0.4, -0.2) is 8.42 Å². The SMILES string of the molecule is CC1(C)c2ccccc2-c2ccc(N(c3ccc4c(c3)S(=O)(=O)c3ccccc3C43[C@H]4C[C@H]5C[C@H](C[C@H]3C5)C4)c3ccc4ccccc4c3)cc21. The van der Waals surface area contributed by atoms with Crippen molar-refractivity contribution in [3.63, 3.8) is 0 Å². The molecule has 4 fully saturated rings. The minimum Gasteiger partial charge on any atom is -0.310 e. The molecule has 1 heterocycles. The van der Waals surface area contributed by atoms with Crippen molar-refractivity contribution in [3.05, 3.63) is 150 Å². The van der Waals surface area contributed by atoms with Crippen LogP contribution in [0.3, 0.4) is 0 Å². The Labute approximate surface area is 300 Å². The molecule has 4 bridgehead atoms. The molecule has 0 unspecified atom stereocenters. The smallest absolute Gasteiger partial charge is 0.207 e. The zero-order valence-electron chi connectivity index (χ0n) is 29.1. The topological polar surface area (TPSA) is 37.4 Å². The fourth-order valence-electron chi connectivity index (χ4n) is 11.9. The number of anilines is 3. The Kier molecular flexibility index (Phi) is 6.02. The number of sulfone groups is 1. The van der Waals surface area contributed by atoms with Crippen LogP contribution in [0.15, 0.2) is 137 Å². The Balaban J connectivity index is 1.14. The summed E-state index contributed by atoms with van der Waals surface area (Å²) in [5, 5.41) is 2.33. The third-order valence-electron chi connectivity index (χ3n) is 13.8. The molecule has 0 atom stereocenters. The van der Waals surface area contributed by atoms with Gasteiger partial charge in [0.2, 0.25) is 9.84 Å². The molecule has 51 heavy (non-hydrogen) atoms. The van der Waals surface area contributed by atoms with E-state index in [1.807, 2.05) is 18.2 Å². The molecule has 1 aliphatic heterocycles. The molecule has 6 aromatic carbocycles. The molecule has 5 aliphatic carbocycles. The van der Waals surface area contributed by atoms with Gasteiger partial charge in [-0.1, -0.05) is 98.8 Å². The Morgan fingerprint density at radius 1 is 0.510 bits per heavy atom. The lowest BCUT2D eigenvalue weighted by Crippen LogP contribution is -2.57. The van der Waals surface area contributed by atoms with Crippen LogP contribution in [-0.2, 0) is 20.7 Å². The fraction of sp³-hybridized carbons (Fsp3) is 0.277. The molecule has 0 amide bonds. The van der Waals surface area contributed by atoms with Gasteiger partial charge in [0.25, 0.3) is 0 Å². The average Bonchev–Trinajstić information content (AvgIpc) is 3.37. The van der Waals surface area contributed by atoms with Crippen LogP contribution in [0.1, 0.15) is 68.2 Å². The molecule has 6 aliphatic rings. The molecule has 252 valence electrons. The number of benzene rings is 6. The van der Waals surface area contributed by atoms with Gasteiger partial charge >= 0.3 is 0 Å². The fourth-order valence-corrected chi connectivity index (χ4v) is 13.7. The van der Waals surface area contributed by atoms with Crippen molar-refractivity contribution >= 4 is 37.7 Å². The summed E-state index contributed by atoms with van der Waals surface area (Å²) in [7, 11) is -3.76. The molecule has 12 rings (SSSR count). The highest BCUT2D eigenvalue weighted by atomic mass is 32.2. The maximum Gasteiger partial charge on any atom is 0.207 e. The van der Waals surface area contributed by atoms with E-state index in [1.54, 1.807) is 0 Å². The largest absolute Gasteiger partial charge is 0.310 e. The van der Waals surface area contributed by atoms with Crippen molar-refractivity contribution in [3.8, 4) is 11.1 Å². The van der Waals surface area contributed by atoms with E-state index >= 15 is 0 Å². The Hall–Kier alpha value is -4.67. The monoisotopic (exact) mass is 683 g/mol. The summed E-state index contributed by atoms with van der Waals surface area (Å²) in [6, 6.07) is 45.1. The summed E-state index contributed by atoms with van der Waals surface area (Å²) in [6.45, 7) is 4.63.